The molecule has 0 amide bonds. The molecule has 8 heteroatoms. The molecule has 0 bridgehead atoms. The Morgan fingerprint density at radius 2 is 2.41 bits per heavy atom. The van der Waals surface area contributed by atoms with Gasteiger partial charge in [0.25, 0.3) is 4.96 Å². The molecule has 2 rings (SSSR count). The number of fused-ring (bicyclic) bond motifs is 1. The summed E-state index contributed by atoms with van der Waals surface area (Å²) >= 11 is 1.32. The van der Waals surface area contributed by atoms with Crippen LogP contribution >= 0.6 is 11.3 Å². The molecule has 2 aromatic heterocycles. The van der Waals surface area contributed by atoms with E-state index >= 15 is 0 Å². The summed E-state index contributed by atoms with van der Waals surface area (Å²) in [5.74, 6) is 0.0728. The smallest absolute Gasteiger partial charge is 0.372 e. The molecular weight excluding hydrogens is 244 g/mol. The average Bonchev–Trinajstić information content (AvgIpc) is 2.75. The lowest BCUT2D eigenvalue weighted by Gasteiger charge is -2.22. The van der Waals surface area contributed by atoms with Gasteiger partial charge in [-0.2, -0.15) is 9.38 Å². The van der Waals surface area contributed by atoms with E-state index in [0.717, 1.165) is 0 Å². The van der Waals surface area contributed by atoms with Crippen LogP contribution in [0.15, 0.2) is 11.6 Å². The van der Waals surface area contributed by atoms with Crippen molar-refractivity contribution in [1.29, 1.82) is 0 Å². The predicted octanol–water partition coefficient (Wildman–Crippen LogP) is 1.49. The van der Waals surface area contributed by atoms with Gasteiger partial charge in [-0.25, -0.2) is 0 Å². The topological polar surface area (TPSA) is 92.7 Å². The number of nitro groups is 1. The largest absolute Gasteiger partial charge is 0.394 e. The molecule has 2 heterocycles. The van der Waals surface area contributed by atoms with E-state index in [1.807, 2.05) is 0 Å². The summed E-state index contributed by atoms with van der Waals surface area (Å²) in [6, 6.07) is 0. The number of hydrogen-bond donors (Lipinski definition) is 2. The minimum Gasteiger partial charge on any atom is -0.394 e. The maximum atomic E-state index is 11.0. The molecule has 0 aromatic carbocycles. The summed E-state index contributed by atoms with van der Waals surface area (Å²) in [6.45, 7) is 3.34. The van der Waals surface area contributed by atoms with Crippen molar-refractivity contribution in [2.45, 2.75) is 19.4 Å². The minimum absolute atomic E-state index is 0.109. The number of nitrogens with one attached hydrogen (secondary N) is 1. The van der Waals surface area contributed by atoms with E-state index in [-0.39, 0.29) is 18.2 Å². The Morgan fingerprint density at radius 1 is 1.71 bits per heavy atom. The fraction of sp³-hybridized carbons (Fsp3) is 0.444. The Hall–Kier alpha value is -1.67. The van der Waals surface area contributed by atoms with Crippen molar-refractivity contribution in [3.8, 4) is 0 Å². The van der Waals surface area contributed by atoms with Gasteiger partial charge in [-0.15, -0.1) is 0 Å². The number of imidazole rings is 1. The second kappa shape index (κ2) is 3.97. The number of aromatic nitrogens is 2. The molecule has 0 aliphatic carbocycles. The van der Waals surface area contributed by atoms with Crippen molar-refractivity contribution >= 4 is 27.9 Å². The first-order valence-electron chi connectivity index (χ1n) is 4.93. The van der Waals surface area contributed by atoms with Gasteiger partial charge in [-0.3, -0.25) is 0 Å². The summed E-state index contributed by atoms with van der Waals surface area (Å²) in [5, 5.41) is 24.8. The summed E-state index contributed by atoms with van der Waals surface area (Å²) in [4.78, 5) is 15.2. The lowest BCUT2D eigenvalue weighted by molar-refractivity contribution is -0.389. The first kappa shape index (κ1) is 11.8. The highest BCUT2D eigenvalue weighted by atomic mass is 32.1. The highest BCUT2D eigenvalue weighted by Crippen LogP contribution is 2.29. The molecular formula is C9H12N4O3S. The summed E-state index contributed by atoms with van der Waals surface area (Å²) in [5.41, 5.74) is -0.658. The molecule has 0 atom stereocenters. The predicted molar refractivity (Wildman–Crippen MR) is 64.5 cm³/mol. The average molecular weight is 256 g/mol. The van der Waals surface area contributed by atoms with Crippen molar-refractivity contribution in [2.24, 2.45) is 0 Å². The van der Waals surface area contributed by atoms with Crippen LogP contribution in [0.5, 0.6) is 0 Å². The van der Waals surface area contributed by atoms with Gasteiger partial charge in [0.2, 0.25) is 5.82 Å². The molecule has 7 nitrogen and oxygen atoms in total. The molecule has 0 saturated heterocycles. The number of aliphatic hydroxyl groups is 1. The zero-order chi connectivity index (χ0) is 12.6. The molecule has 0 saturated carbocycles. The Bertz CT molecular complexity index is 560. The molecule has 0 fully saturated rings. The zero-order valence-corrected chi connectivity index (χ0v) is 10.2. The van der Waals surface area contributed by atoms with E-state index in [9.17, 15) is 10.1 Å². The molecule has 0 unspecified atom stereocenters. The van der Waals surface area contributed by atoms with E-state index in [4.69, 9.17) is 5.11 Å². The van der Waals surface area contributed by atoms with Crippen molar-refractivity contribution in [3.05, 3.63) is 21.7 Å². The van der Waals surface area contributed by atoms with E-state index in [1.165, 1.54) is 15.7 Å². The van der Waals surface area contributed by atoms with Crippen LogP contribution in [-0.4, -0.2) is 31.6 Å². The summed E-state index contributed by atoms with van der Waals surface area (Å²) in [6.07, 6.45) is 1.60. The first-order valence-corrected chi connectivity index (χ1v) is 5.81. The van der Waals surface area contributed by atoms with Crippen LogP contribution < -0.4 is 5.32 Å². The van der Waals surface area contributed by atoms with Gasteiger partial charge in [0, 0.05) is 5.38 Å². The lowest BCUT2D eigenvalue weighted by atomic mass is 10.1. The fourth-order valence-electron chi connectivity index (χ4n) is 1.39. The maximum absolute atomic E-state index is 11.0. The highest BCUT2D eigenvalue weighted by Gasteiger charge is 2.27. The van der Waals surface area contributed by atoms with E-state index < -0.39 is 10.5 Å². The summed E-state index contributed by atoms with van der Waals surface area (Å²) in [7, 11) is 0. The number of anilines is 1. The van der Waals surface area contributed by atoms with Crippen molar-refractivity contribution in [3.63, 3.8) is 0 Å². The van der Waals surface area contributed by atoms with Gasteiger partial charge in [0.05, 0.1) is 12.1 Å². The fourth-order valence-corrected chi connectivity index (χ4v) is 2.10. The number of nitrogens with zero attached hydrogens (tertiary/aromatic N) is 3. The molecule has 17 heavy (non-hydrogen) atoms. The Labute approximate surface area is 101 Å². The van der Waals surface area contributed by atoms with Crippen LogP contribution in [0.2, 0.25) is 0 Å². The Morgan fingerprint density at radius 3 is 3.00 bits per heavy atom. The number of aliphatic hydroxyl groups excluding tert-OH is 1. The van der Waals surface area contributed by atoms with Gasteiger partial charge < -0.3 is 20.5 Å². The molecule has 0 aliphatic heterocycles. The standard InChI is InChI=1S/C9H12N4O3S/c1-9(2,5-14)11-6-7(13(15)16)12-3-4-17-8(12)10-6/h3-4,11,14H,5H2,1-2H3. The van der Waals surface area contributed by atoms with Crippen molar-refractivity contribution < 1.29 is 10.0 Å². The van der Waals surface area contributed by atoms with Gasteiger partial charge in [-0.1, -0.05) is 11.3 Å². The lowest BCUT2D eigenvalue weighted by Crippen LogP contribution is -2.35. The maximum Gasteiger partial charge on any atom is 0.372 e. The van der Waals surface area contributed by atoms with Crippen LogP contribution in [0.1, 0.15) is 13.8 Å². The number of rotatable bonds is 4. The van der Waals surface area contributed by atoms with Crippen LogP contribution in [-0.2, 0) is 0 Å². The minimum atomic E-state index is -0.658. The molecule has 0 radical (unpaired) electrons. The van der Waals surface area contributed by atoms with E-state index in [0.29, 0.717) is 4.96 Å². The van der Waals surface area contributed by atoms with Gasteiger partial charge in [0.15, 0.2) is 0 Å². The Balaban J connectivity index is 2.49. The molecule has 0 spiro atoms. The third-order valence-corrected chi connectivity index (χ3v) is 3.02. The highest BCUT2D eigenvalue weighted by molar-refractivity contribution is 7.15. The zero-order valence-electron chi connectivity index (χ0n) is 9.38. The normalized spacial score (nSPS) is 11.9. The van der Waals surface area contributed by atoms with Crippen LogP contribution in [0.4, 0.5) is 11.6 Å². The number of hydrogen-bond acceptors (Lipinski definition) is 6. The summed E-state index contributed by atoms with van der Waals surface area (Å²) < 4.78 is 1.42. The second-order valence-corrected chi connectivity index (χ2v) is 5.14. The van der Waals surface area contributed by atoms with Crippen LogP contribution in [0, 0.1) is 10.1 Å². The second-order valence-electron chi connectivity index (χ2n) is 4.26. The van der Waals surface area contributed by atoms with Crippen molar-refractivity contribution in [1.82, 2.24) is 9.38 Å². The molecule has 2 aromatic rings. The monoisotopic (exact) mass is 256 g/mol. The van der Waals surface area contributed by atoms with Crippen LogP contribution in [0.25, 0.3) is 4.96 Å². The van der Waals surface area contributed by atoms with Gasteiger partial charge in [-0.05, 0) is 18.8 Å². The van der Waals surface area contributed by atoms with Gasteiger partial charge in [0.1, 0.15) is 6.20 Å². The van der Waals surface area contributed by atoms with Crippen molar-refractivity contribution in [2.75, 3.05) is 11.9 Å². The Kier molecular flexibility index (Phi) is 2.76. The first-order chi connectivity index (χ1) is 7.94. The quantitative estimate of drug-likeness (QED) is 0.638. The van der Waals surface area contributed by atoms with E-state index in [1.54, 1.807) is 25.4 Å². The molecule has 0 aliphatic rings. The van der Waals surface area contributed by atoms with E-state index in [2.05, 4.69) is 10.3 Å². The third-order valence-electron chi connectivity index (χ3n) is 2.26. The van der Waals surface area contributed by atoms with Crippen LogP contribution in [0.3, 0.4) is 0 Å². The SMILES string of the molecule is CC(C)(CO)Nc1nc2sccn2c1[N+](=O)[O-]. The third kappa shape index (κ3) is 2.08. The molecule has 2 N–H and O–H groups in total. The van der Waals surface area contributed by atoms with Gasteiger partial charge >= 0.3 is 5.82 Å². The number of thiazole rings is 1. The molecule has 92 valence electrons.